The normalized spacial score (nSPS) is 10.3. The molecule has 0 unspecified atom stereocenters. The molecule has 26 heavy (non-hydrogen) atoms. The van der Waals surface area contributed by atoms with Gasteiger partial charge < -0.3 is 4.90 Å². The number of nitrogens with zero attached hydrogens (tertiary/aromatic N) is 1. The van der Waals surface area contributed by atoms with Gasteiger partial charge in [0.25, 0.3) is 0 Å². The summed E-state index contributed by atoms with van der Waals surface area (Å²) in [4.78, 5) is 27.0. The molecule has 0 saturated heterocycles. The number of amides is 1. The molecule has 0 spiro atoms. The van der Waals surface area contributed by atoms with Gasteiger partial charge in [-0.3, -0.25) is 9.59 Å². The van der Waals surface area contributed by atoms with E-state index in [2.05, 4.69) is 0 Å². The largest absolute Gasteiger partial charge is 0.334 e. The first-order valence-electron chi connectivity index (χ1n) is 8.66. The first-order chi connectivity index (χ1) is 12.7. The number of hydrogen-bond donors (Lipinski definition) is 0. The van der Waals surface area contributed by atoms with E-state index in [0.717, 1.165) is 11.1 Å². The van der Waals surface area contributed by atoms with E-state index in [1.54, 1.807) is 17.0 Å². The third-order valence-electron chi connectivity index (χ3n) is 4.19. The Balaban J connectivity index is 1.75. The summed E-state index contributed by atoms with van der Waals surface area (Å²) >= 11 is 0. The van der Waals surface area contributed by atoms with Gasteiger partial charge in [-0.1, -0.05) is 91.0 Å². The number of Topliss-reactive ketones (excluding diaryl/α,β-unsaturated/α-hetero) is 1. The first kappa shape index (κ1) is 17.6. The maximum Gasteiger partial charge on any atom is 0.231 e. The summed E-state index contributed by atoms with van der Waals surface area (Å²) in [6.45, 7) is 0.966. The fourth-order valence-corrected chi connectivity index (χ4v) is 2.82. The third kappa shape index (κ3) is 4.90. The van der Waals surface area contributed by atoms with Gasteiger partial charge in [-0.15, -0.1) is 0 Å². The van der Waals surface area contributed by atoms with Gasteiger partial charge in [0.05, 0.1) is 6.42 Å². The zero-order chi connectivity index (χ0) is 18.2. The van der Waals surface area contributed by atoms with Crippen LogP contribution in [-0.4, -0.2) is 16.6 Å². The quantitative estimate of drug-likeness (QED) is 0.468. The predicted octanol–water partition coefficient (Wildman–Crippen LogP) is 4.49. The molecule has 3 rings (SSSR count). The Labute approximate surface area is 153 Å². The van der Waals surface area contributed by atoms with Crippen LogP contribution in [0.3, 0.4) is 0 Å². The maximum atomic E-state index is 12.8. The van der Waals surface area contributed by atoms with Gasteiger partial charge in [0.1, 0.15) is 0 Å². The van der Waals surface area contributed by atoms with E-state index >= 15 is 0 Å². The van der Waals surface area contributed by atoms with Gasteiger partial charge in [0.2, 0.25) is 5.91 Å². The topological polar surface area (TPSA) is 37.4 Å². The molecule has 0 fully saturated rings. The van der Waals surface area contributed by atoms with Crippen LogP contribution in [0.15, 0.2) is 91.0 Å². The Bertz CT molecular complexity index is 804. The Kier molecular flexibility index (Phi) is 5.94. The first-order valence-corrected chi connectivity index (χ1v) is 8.66. The highest BCUT2D eigenvalue weighted by atomic mass is 16.2. The molecule has 0 atom stereocenters. The van der Waals surface area contributed by atoms with Crippen molar-refractivity contribution in [2.75, 3.05) is 0 Å². The van der Waals surface area contributed by atoms with E-state index in [0.29, 0.717) is 18.7 Å². The van der Waals surface area contributed by atoms with Crippen LogP contribution in [0.5, 0.6) is 0 Å². The SMILES string of the molecule is O=C(CC(=O)N(Cc1ccccc1)Cc1ccccc1)c1ccccc1. The minimum atomic E-state index is -0.161. The van der Waals surface area contributed by atoms with E-state index < -0.39 is 0 Å². The van der Waals surface area contributed by atoms with E-state index in [1.807, 2.05) is 78.9 Å². The van der Waals surface area contributed by atoms with Crippen molar-refractivity contribution in [1.29, 1.82) is 0 Å². The van der Waals surface area contributed by atoms with E-state index in [9.17, 15) is 9.59 Å². The second-order valence-electron chi connectivity index (χ2n) is 6.19. The molecule has 0 aromatic heterocycles. The number of rotatable bonds is 7. The summed E-state index contributed by atoms with van der Waals surface area (Å²) in [7, 11) is 0. The summed E-state index contributed by atoms with van der Waals surface area (Å²) in [5.74, 6) is -0.312. The number of hydrogen-bond acceptors (Lipinski definition) is 2. The highest BCUT2D eigenvalue weighted by Gasteiger charge is 2.19. The van der Waals surface area contributed by atoms with Gasteiger partial charge in [-0.05, 0) is 11.1 Å². The van der Waals surface area contributed by atoms with E-state index in [4.69, 9.17) is 0 Å². The van der Waals surface area contributed by atoms with Crippen LogP contribution < -0.4 is 0 Å². The highest BCUT2D eigenvalue weighted by molar-refractivity contribution is 6.07. The molecule has 3 heteroatoms. The van der Waals surface area contributed by atoms with Gasteiger partial charge in [0.15, 0.2) is 5.78 Å². The molecule has 0 bridgehead atoms. The predicted molar refractivity (Wildman–Crippen MR) is 103 cm³/mol. The molecule has 0 saturated carbocycles. The van der Waals surface area contributed by atoms with Crippen LogP contribution in [0.4, 0.5) is 0 Å². The molecular weight excluding hydrogens is 322 g/mol. The number of benzene rings is 3. The second-order valence-corrected chi connectivity index (χ2v) is 6.19. The van der Waals surface area contributed by atoms with Crippen molar-refractivity contribution in [1.82, 2.24) is 4.90 Å². The van der Waals surface area contributed by atoms with Gasteiger partial charge in [-0.25, -0.2) is 0 Å². The Morgan fingerprint density at radius 3 is 1.50 bits per heavy atom. The van der Waals surface area contributed by atoms with Crippen molar-refractivity contribution in [2.45, 2.75) is 19.5 Å². The standard InChI is InChI=1S/C23H21NO2/c25-22(21-14-8-3-9-15-21)16-23(26)24(17-19-10-4-1-5-11-19)18-20-12-6-2-7-13-20/h1-15H,16-18H2. The highest BCUT2D eigenvalue weighted by Crippen LogP contribution is 2.13. The van der Waals surface area contributed by atoms with Crippen LogP contribution in [0, 0.1) is 0 Å². The Hall–Kier alpha value is -3.20. The third-order valence-corrected chi connectivity index (χ3v) is 4.19. The average molecular weight is 343 g/mol. The summed E-state index contributed by atoms with van der Waals surface area (Å²) < 4.78 is 0. The van der Waals surface area contributed by atoms with Crippen LogP contribution in [0.2, 0.25) is 0 Å². The van der Waals surface area contributed by atoms with E-state index in [1.165, 1.54) is 0 Å². The monoisotopic (exact) mass is 343 g/mol. The molecule has 0 aliphatic carbocycles. The summed E-state index contributed by atoms with van der Waals surface area (Å²) in [6, 6.07) is 28.6. The lowest BCUT2D eigenvalue weighted by Crippen LogP contribution is -2.31. The second kappa shape index (κ2) is 8.77. The molecule has 0 N–H and O–H groups in total. The average Bonchev–Trinajstić information content (AvgIpc) is 2.69. The summed E-state index contributed by atoms with van der Waals surface area (Å²) in [6.07, 6.45) is -0.121. The molecule has 3 aromatic carbocycles. The van der Waals surface area contributed by atoms with Crippen LogP contribution in [0.25, 0.3) is 0 Å². The number of carbonyl (C=O) groups is 2. The maximum absolute atomic E-state index is 12.8. The van der Waals surface area contributed by atoms with Crippen LogP contribution >= 0.6 is 0 Å². The van der Waals surface area contributed by atoms with Gasteiger partial charge in [-0.2, -0.15) is 0 Å². The fraction of sp³-hybridized carbons (Fsp3) is 0.130. The van der Waals surface area contributed by atoms with Crippen molar-refractivity contribution < 1.29 is 9.59 Å². The molecule has 1 amide bonds. The summed E-state index contributed by atoms with van der Waals surface area (Å²) in [5.41, 5.74) is 2.66. The van der Waals surface area contributed by atoms with Crippen molar-refractivity contribution in [2.24, 2.45) is 0 Å². The smallest absolute Gasteiger partial charge is 0.231 e. The van der Waals surface area contributed by atoms with Crippen molar-refractivity contribution >= 4 is 11.7 Å². The van der Waals surface area contributed by atoms with E-state index in [-0.39, 0.29) is 18.1 Å². The number of ketones is 1. The molecule has 0 radical (unpaired) electrons. The zero-order valence-electron chi connectivity index (χ0n) is 14.5. The minimum Gasteiger partial charge on any atom is -0.334 e. The van der Waals surface area contributed by atoms with Crippen molar-refractivity contribution in [3.05, 3.63) is 108 Å². The van der Waals surface area contributed by atoms with Crippen LogP contribution in [-0.2, 0) is 17.9 Å². The lowest BCUT2D eigenvalue weighted by Gasteiger charge is -2.23. The molecule has 3 nitrogen and oxygen atoms in total. The molecule has 0 aliphatic rings. The molecule has 0 aliphatic heterocycles. The Morgan fingerprint density at radius 1 is 0.615 bits per heavy atom. The van der Waals surface area contributed by atoms with Crippen molar-refractivity contribution in [3.8, 4) is 0 Å². The van der Waals surface area contributed by atoms with Gasteiger partial charge in [0, 0.05) is 18.7 Å². The number of carbonyl (C=O) groups excluding carboxylic acids is 2. The molecule has 0 heterocycles. The lowest BCUT2D eigenvalue weighted by atomic mass is 10.1. The fourth-order valence-electron chi connectivity index (χ4n) is 2.82. The van der Waals surface area contributed by atoms with Gasteiger partial charge >= 0.3 is 0 Å². The lowest BCUT2D eigenvalue weighted by molar-refractivity contribution is -0.131. The molecule has 3 aromatic rings. The molecular formula is C23H21NO2. The minimum absolute atomic E-state index is 0.121. The summed E-state index contributed by atoms with van der Waals surface area (Å²) in [5, 5.41) is 0. The Morgan fingerprint density at radius 2 is 1.04 bits per heavy atom. The zero-order valence-corrected chi connectivity index (χ0v) is 14.5. The van der Waals surface area contributed by atoms with Crippen molar-refractivity contribution in [3.63, 3.8) is 0 Å². The van der Waals surface area contributed by atoms with Crippen LogP contribution in [0.1, 0.15) is 27.9 Å². The molecule has 130 valence electrons.